The summed E-state index contributed by atoms with van der Waals surface area (Å²) in [5, 5.41) is 11.2. The van der Waals surface area contributed by atoms with E-state index in [1.807, 2.05) is 0 Å². The number of thiophene rings is 1. The lowest BCUT2D eigenvalue weighted by molar-refractivity contribution is 0.0941. The molecule has 0 aliphatic rings. The molecule has 0 atom stereocenters. The summed E-state index contributed by atoms with van der Waals surface area (Å²) >= 11 is 1.26. The van der Waals surface area contributed by atoms with E-state index in [0.717, 1.165) is 4.88 Å². The van der Waals surface area contributed by atoms with E-state index in [0.29, 0.717) is 11.3 Å². The molecule has 0 saturated carbocycles. The molecule has 0 aliphatic heterocycles. The van der Waals surface area contributed by atoms with Crippen molar-refractivity contribution < 1.29 is 19.4 Å². The second kappa shape index (κ2) is 8.13. The largest absolute Gasteiger partial charge is 0.448 e. The van der Waals surface area contributed by atoms with Crippen LogP contribution in [0.2, 0.25) is 0 Å². The average Bonchev–Trinajstić information content (AvgIpc) is 2.83. The Bertz CT molecular complexity index is 501. The molecule has 0 aromatic carbocycles. The average molecular weight is 282 g/mol. The number of rotatable bonds is 5. The normalized spacial score (nSPS) is 9.32. The Morgan fingerprint density at radius 2 is 2.26 bits per heavy atom. The molecule has 102 valence electrons. The van der Waals surface area contributed by atoms with Crippen molar-refractivity contribution in [1.29, 1.82) is 0 Å². The lowest BCUT2D eigenvalue weighted by Crippen LogP contribution is -2.28. The molecule has 7 heteroatoms. The molecular weight excluding hydrogens is 268 g/mol. The highest BCUT2D eigenvalue weighted by molar-refractivity contribution is 7.14. The van der Waals surface area contributed by atoms with Crippen molar-refractivity contribution in [3.63, 3.8) is 0 Å². The van der Waals surface area contributed by atoms with E-state index in [1.54, 1.807) is 12.1 Å². The van der Waals surface area contributed by atoms with Crippen LogP contribution in [0.15, 0.2) is 12.1 Å². The summed E-state index contributed by atoms with van der Waals surface area (Å²) in [6.07, 6.45) is -0.462. The molecule has 0 aliphatic carbocycles. The highest BCUT2D eigenvalue weighted by Gasteiger charge is 2.07. The minimum absolute atomic E-state index is 0.0194. The van der Waals surface area contributed by atoms with Gasteiger partial charge in [-0.15, -0.1) is 11.3 Å². The Kier molecular flexibility index (Phi) is 6.43. The number of hydrogen-bond donors (Lipinski definition) is 3. The number of carbonyl (C=O) groups excluding carboxylic acids is 2. The number of carbonyl (C=O) groups is 2. The number of nitrogens with one attached hydrogen (secondary N) is 1. The number of amides is 2. The predicted octanol–water partition coefficient (Wildman–Crippen LogP) is 0.307. The molecule has 1 rings (SSSR count). The van der Waals surface area contributed by atoms with Gasteiger partial charge in [-0.05, 0) is 12.1 Å². The van der Waals surface area contributed by atoms with Gasteiger partial charge in [0.05, 0.1) is 22.9 Å². The lowest BCUT2D eigenvalue weighted by atomic mass is 10.4. The molecule has 6 nitrogen and oxygen atoms in total. The molecule has 1 aromatic heterocycles. The Labute approximate surface area is 114 Å². The Balaban J connectivity index is 2.41. The van der Waals surface area contributed by atoms with E-state index in [9.17, 15) is 9.59 Å². The van der Waals surface area contributed by atoms with E-state index < -0.39 is 6.09 Å². The molecule has 2 amide bonds. The van der Waals surface area contributed by atoms with Crippen molar-refractivity contribution in [1.82, 2.24) is 5.32 Å². The first kappa shape index (κ1) is 15.0. The summed E-state index contributed by atoms with van der Waals surface area (Å²) < 4.78 is 4.48. The minimum Gasteiger partial charge on any atom is -0.448 e. The molecular formula is C12H14N2O4S. The fourth-order valence-corrected chi connectivity index (χ4v) is 1.93. The van der Waals surface area contributed by atoms with Gasteiger partial charge in [-0.1, -0.05) is 11.8 Å². The Morgan fingerprint density at radius 1 is 1.47 bits per heavy atom. The van der Waals surface area contributed by atoms with Gasteiger partial charge < -0.3 is 20.9 Å². The van der Waals surface area contributed by atoms with Gasteiger partial charge in [-0.25, -0.2) is 4.79 Å². The van der Waals surface area contributed by atoms with Gasteiger partial charge >= 0.3 is 6.09 Å². The number of aliphatic hydroxyl groups is 1. The van der Waals surface area contributed by atoms with Crippen LogP contribution in [0.1, 0.15) is 21.0 Å². The summed E-state index contributed by atoms with van der Waals surface area (Å²) in [7, 11) is 0. The van der Waals surface area contributed by atoms with Gasteiger partial charge in [-0.2, -0.15) is 0 Å². The zero-order chi connectivity index (χ0) is 14.1. The SMILES string of the molecule is NC(=O)OCCNC(=O)c1ccc(C#CCCO)s1. The molecule has 1 aromatic rings. The first-order valence-electron chi connectivity index (χ1n) is 5.53. The highest BCUT2D eigenvalue weighted by Crippen LogP contribution is 2.15. The van der Waals surface area contributed by atoms with Gasteiger partial charge in [0.15, 0.2) is 0 Å². The smallest absolute Gasteiger partial charge is 0.404 e. The monoisotopic (exact) mass is 282 g/mol. The molecule has 1 heterocycles. The van der Waals surface area contributed by atoms with Crippen LogP contribution in [-0.4, -0.2) is 36.9 Å². The zero-order valence-electron chi connectivity index (χ0n) is 10.1. The minimum atomic E-state index is -0.869. The molecule has 19 heavy (non-hydrogen) atoms. The highest BCUT2D eigenvalue weighted by atomic mass is 32.1. The van der Waals surface area contributed by atoms with Gasteiger partial charge in [0.1, 0.15) is 6.61 Å². The van der Waals surface area contributed by atoms with Gasteiger partial charge in [0, 0.05) is 6.42 Å². The van der Waals surface area contributed by atoms with E-state index >= 15 is 0 Å². The van der Waals surface area contributed by atoms with Crippen LogP contribution in [0.4, 0.5) is 4.79 Å². The molecule has 0 bridgehead atoms. The number of ether oxygens (including phenoxy) is 1. The van der Waals surface area contributed by atoms with E-state index in [1.165, 1.54) is 11.3 Å². The maximum absolute atomic E-state index is 11.7. The third-order valence-corrected chi connectivity index (χ3v) is 2.91. The summed E-state index contributed by atoms with van der Waals surface area (Å²) in [5.41, 5.74) is 4.78. The van der Waals surface area contributed by atoms with Crippen molar-refractivity contribution >= 4 is 23.3 Å². The molecule has 4 N–H and O–H groups in total. The van der Waals surface area contributed by atoms with Crippen LogP contribution in [0.3, 0.4) is 0 Å². The maximum atomic E-state index is 11.7. The fraction of sp³-hybridized carbons (Fsp3) is 0.333. The van der Waals surface area contributed by atoms with Crippen molar-refractivity contribution in [2.75, 3.05) is 19.8 Å². The van der Waals surface area contributed by atoms with Crippen LogP contribution in [-0.2, 0) is 4.74 Å². The second-order valence-electron chi connectivity index (χ2n) is 3.36. The summed E-state index contributed by atoms with van der Waals surface area (Å²) in [4.78, 5) is 23.2. The molecule has 0 radical (unpaired) electrons. The Hall–Kier alpha value is -2.04. The van der Waals surface area contributed by atoms with Gasteiger partial charge in [0.2, 0.25) is 0 Å². The number of primary amides is 1. The van der Waals surface area contributed by atoms with Gasteiger partial charge in [0.25, 0.3) is 5.91 Å². The van der Waals surface area contributed by atoms with Crippen molar-refractivity contribution in [3.8, 4) is 11.8 Å². The fourth-order valence-electron chi connectivity index (χ4n) is 1.14. The lowest BCUT2D eigenvalue weighted by Gasteiger charge is -2.02. The summed E-state index contributed by atoms with van der Waals surface area (Å²) in [6.45, 7) is 0.256. The number of aliphatic hydroxyl groups excluding tert-OH is 1. The zero-order valence-corrected chi connectivity index (χ0v) is 11.0. The third-order valence-electron chi connectivity index (χ3n) is 1.91. The first-order chi connectivity index (χ1) is 9.13. The van der Waals surface area contributed by atoms with Crippen molar-refractivity contribution in [3.05, 3.63) is 21.9 Å². The molecule has 0 fully saturated rings. The summed E-state index contributed by atoms with van der Waals surface area (Å²) in [6, 6.07) is 3.40. The molecule has 0 saturated heterocycles. The maximum Gasteiger partial charge on any atom is 0.404 e. The van der Waals surface area contributed by atoms with Crippen LogP contribution in [0, 0.1) is 11.8 Å². The van der Waals surface area contributed by atoms with E-state index in [-0.39, 0.29) is 25.7 Å². The quantitative estimate of drug-likeness (QED) is 0.534. The van der Waals surface area contributed by atoms with Gasteiger partial charge in [-0.3, -0.25) is 4.79 Å². The third kappa shape index (κ3) is 5.90. The van der Waals surface area contributed by atoms with E-state index in [4.69, 9.17) is 10.8 Å². The van der Waals surface area contributed by atoms with E-state index in [2.05, 4.69) is 21.9 Å². The molecule has 0 unspecified atom stereocenters. The molecule has 0 spiro atoms. The van der Waals surface area contributed by atoms with Crippen molar-refractivity contribution in [2.45, 2.75) is 6.42 Å². The second-order valence-corrected chi connectivity index (χ2v) is 4.45. The number of nitrogens with two attached hydrogens (primary N) is 1. The van der Waals surface area contributed by atoms with Crippen LogP contribution < -0.4 is 11.1 Å². The number of hydrogen-bond acceptors (Lipinski definition) is 5. The van der Waals surface area contributed by atoms with Crippen LogP contribution in [0.5, 0.6) is 0 Å². The Morgan fingerprint density at radius 3 is 2.95 bits per heavy atom. The van der Waals surface area contributed by atoms with Crippen LogP contribution in [0.25, 0.3) is 0 Å². The first-order valence-corrected chi connectivity index (χ1v) is 6.35. The topological polar surface area (TPSA) is 102 Å². The summed E-state index contributed by atoms with van der Waals surface area (Å²) in [5.74, 6) is 5.37. The predicted molar refractivity (Wildman–Crippen MR) is 70.8 cm³/mol. The standard InChI is InChI=1S/C12H14N2O4S/c13-12(17)18-8-6-14-11(16)10-5-4-9(19-10)3-1-2-7-15/h4-5,15H,2,6-8H2,(H2,13,17)(H,14,16). The van der Waals surface area contributed by atoms with Crippen molar-refractivity contribution in [2.24, 2.45) is 5.73 Å². The van der Waals surface area contributed by atoms with Crippen LogP contribution >= 0.6 is 11.3 Å².